The Hall–Kier alpha value is -1.70. The van der Waals surface area contributed by atoms with Crippen LogP contribution in [-0.4, -0.2) is 18.0 Å². The molecular weight excluding hydrogens is 266 g/mol. The molecule has 7 heteroatoms. The number of benzene rings is 1. The van der Waals surface area contributed by atoms with Crippen LogP contribution >= 0.6 is 0 Å². The minimum Gasteiger partial charge on any atom is -0.336 e. The zero-order valence-corrected chi connectivity index (χ0v) is 11.3. The molecule has 0 radical (unpaired) electrons. The molecule has 0 aliphatic heterocycles. The second-order valence-electron chi connectivity index (χ2n) is 3.90. The van der Waals surface area contributed by atoms with E-state index < -0.39 is 10.0 Å². The number of hydrogen-bond acceptors (Lipinski definition) is 4. The number of nitrogens with one attached hydrogen (secondary N) is 1. The van der Waals surface area contributed by atoms with Crippen LogP contribution in [0.4, 0.5) is 0 Å². The standard InChI is InChI=1S/C12H15N3O3S/c1-2-15-8-12(13-10-15)19(16,17)14-18-9-11-6-4-3-5-7-11/h3-8,10,14H,2,9H2,1H3. The molecule has 6 nitrogen and oxygen atoms in total. The third-order valence-corrected chi connectivity index (χ3v) is 3.60. The minimum absolute atomic E-state index is 0.0533. The van der Waals surface area contributed by atoms with Crippen molar-refractivity contribution in [1.29, 1.82) is 0 Å². The summed E-state index contributed by atoms with van der Waals surface area (Å²) in [5.74, 6) is 0. The SMILES string of the molecule is CCn1cnc(S(=O)(=O)NOCc2ccccc2)c1. The number of aryl methyl sites for hydroxylation is 1. The van der Waals surface area contributed by atoms with Gasteiger partial charge in [-0.1, -0.05) is 35.2 Å². The van der Waals surface area contributed by atoms with E-state index in [4.69, 9.17) is 4.84 Å². The van der Waals surface area contributed by atoms with Crippen LogP contribution in [0.3, 0.4) is 0 Å². The lowest BCUT2D eigenvalue weighted by molar-refractivity contribution is 0.0793. The summed E-state index contributed by atoms with van der Waals surface area (Å²) in [6.45, 7) is 2.72. The summed E-state index contributed by atoms with van der Waals surface area (Å²) in [5, 5.41) is -0.0533. The normalized spacial score (nSPS) is 11.6. The lowest BCUT2D eigenvalue weighted by atomic mass is 10.2. The molecule has 1 aromatic heterocycles. The maximum atomic E-state index is 11.8. The van der Waals surface area contributed by atoms with Gasteiger partial charge in [-0.25, -0.2) is 13.4 Å². The highest BCUT2D eigenvalue weighted by Gasteiger charge is 2.17. The first-order chi connectivity index (χ1) is 9.12. The minimum atomic E-state index is -3.72. The van der Waals surface area contributed by atoms with Crippen LogP contribution in [0.2, 0.25) is 0 Å². The van der Waals surface area contributed by atoms with Crippen LogP contribution < -0.4 is 4.89 Å². The van der Waals surface area contributed by atoms with E-state index in [1.807, 2.05) is 37.3 Å². The van der Waals surface area contributed by atoms with Crippen molar-refractivity contribution in [3.63, 3.8) is 0 Å². The summed E-state index contributed by atoms with van der Waals surface area (Å²) in [7, 11) is -3.72. The van der Waals surface area contributed by atoms with Crippen molar-refractivity contribution < 1.29 is 13.3 Å². The molecule has 0 saturated heterocycles. The van der Waals surface area contributed by atoms with E-state index in [9.17, 15) is 8.42 Å². The molecule has 0 unspecified atom stereocenters. The second-order valence-corrected chi connectivity index (χ2v) is 5.50. The molecule has 0 fully saturated rings. The summed E-state index contributed by atoms with van der Waals surface area (Å²) in [6.07, 6.45) is 2.92. The van der Waals surface area contributed by atoms with Gasteiger partial charge in [0.2, 0.25) is 0 Å². The zero-order chi connectivity index (χ0) is 13.7. The van der Waals surface area contributed by atoms with Gasteiger partial charge in [-0.15, -0.1) is 0 Å². The number of aromatic nitrogens is 2. The van der Waals surface area contributed by atoms with Crippen molar-refractivity contribution in [2.45, 2.75) is 25.1 Å². The number of hydrogen-bond donors (Lipinski definition) is 1. The lowest BCUT2D eigenvalue weighted by Crippen LogP contribution is -2.24. The van der Waals surface area contributed by atoms with Crippen LogP contribution in [-0.2, 0) is 28.0 Å². The fourth-order valence-electron chi connectivity index (χ4n) is 1.46. The maximum Gasteiger partial charge on any atom is 0.281 e. The van der Waals surface area contributed by atoms with Gasteiger partial charge in [0.05, 0.1) is 12.9 Å². The molecule has 0 amide bonds. The van der Waals surface area contributed by atoms with Crippen LogP contribution in [0.15, 0.2) is 47.9 Å². The van der Waals surface area contributed by atoms with Crippen molar-refractivity contribution in [3.8, 4) is 0 Å². The van der Waals surface area contributed by atoms with E-state index in [2.05, 4.69) is 9.87 Å². The largest absolute Gasteiger partial charge is 0.336 e. The zero-order valence-electron chi connectivity index (χ0n) is 10.5. The van der Waals surface area contributed by atoms with E-state index in [-0.39, 0.29) is 11.6 Å². The highest BCUT2D eigenvalue weighted by atomic mass is 32.2. The predicted molar refractivity (Wildman–Crippen MR) is 69.5 cm³/mol. The lowest BCUT2D eigenvalue weighted by Gasteiger charge is -2.05. The van der Waals surface area contributed by atoms with Gasteiger partial charge < -0.3 is 4.57 Å². The van der Waals surface area contributed by atoms with Crippen molar-refractivity contribution in [2.75, 3.05) is 0 Å². The third-order valence-electron chi connectivity index (χ3n) is 2.50. The molecule has 0 aliphatic rings. The Bertz CT molecular complexity index is 623. The topological polar surface area (TPSA) is 73.2 Å². The van der Waals surface area contributed by atoms with E-state index >= 15 is 0 Å². The van der Waals surface area contributed by atoms with Gasteiger partial charge in [-0.3, -0.25) is 4.84 Å². The third kappa shape index (κ3) is 3.63. The van der Waals surface area contributed by atoms with Gasteiger partial charge in [-0.2, -0.15) is 0 Å². The van der Waals surface area contributed by atoms with E-state index in [0.29, 0.717) is 6.54 Å². The smallest absolute Gasteiger partial charge is 0.281 e. The van der Waals surface area contributed by atoms with Crippen LogP contribution in [0, 0.1) is 0 Å². The summed E-state index contributed by atoms with van der Waals surface area (Å²) in [5.41, 5.74) is 0.879. The van der Waals surface area contributed by atoms with Crippen LogP contribution in [0.5, 0.6) is 0 Å². The first-order valence-corrected chi connectivity index (χ1v) is 7.29. The van der Waals surface area contributed by atoms with Gasteiger partial charge in [-0.05, 0) is 12.5 Å². The first kappa shape index (κ1) is 13.7. The number of sulfonamides is 1. The van der Waals surface area contributed by atoms with E-state index in [1.54, 1.807) is 4.57 Å². The van der Waals surface area contributed by atoms with Gasteiger partial charge in [0, 0.05) is 12.7 Å². The quantitative estimate of drug-likeness (QED) is 0.810. The molecule has 0 bridgehead atoms. The summed E-state index contributed by atoms with van der Waals surface area (Å²) >= 11 is 0. The highest BCUT2D eigenvalue weighted by molar-refractivity contribution is 7.89. The number of imidazole rings is 1. The van der Waals surface area contributed by atoms with Crippen molar-refractivity contribution in [3.05, 3.63) is 48.4 Å². The maximum absolute atomic E-state index is 11.8. The fraction of sp³-hybridized carbons (Fsp3) is 0.250. The predicted octanol–water partition coefficient (Wildman–Crippen LogP) is 1.31. The Balaban J connectivity index is 1.94. The number of rotatable bonds is 6. The molecule has 1 aromatic carbocycles. The van der Waals surface area contributed by atoms with Gasteiger partial charge in [0.15, 0.2) is 5.03 Å². The Morgan fingerprint density at radius 2 is 2.05 bits per heavy atom. The van der Waals surface area contributed by atoms with Gasteiger partial charge >= 0.3 is 0 Å². The van der Waals surface area contributed by atoms with Crippen LogP contribution in [0.25, 0.3) is 0 Å². The van der Waals surface area contributed by atoms with Gasteiger partial charge in [0.1, 0.15) is 0 Å². The summed E-state index contributed by atoms with van der Waals surface area (Å²) < 4.78 is 25.4. The Morgan fingerprint density at radius 3 is 2.68 bits per heavy atom. The van der Waals surface area contributed by atoms with Crippen LogP contribution in [0.1, 0.15) is 12.5 Å². The molecule has 0 spiro atoms. The van der Waals surface area contributed by atoms with E-state index in [0.717, 1.165) is 5.56 Å². The molecule has 0 atom stereocenters. The summed E-state index contributed by atoms with van der Waals surface area (Å²) in [4.78, 5) is 10.9. The molecule has 2 rings (SSSR count). The molecule has 1 N–H and O–H groups in total. The fourth-order valence-corrected chi connectivity index (χ4v) is 2.22. The molecule has 1 heterocycles. The number of nitrogens with zero attached hydrogens (tertiary/aromatic N) is 2. The Morgan fingerprint density at radius 1 is 1.32 bits per heavy atom. The molecular formula is C12H15N3O3S. The molecule has 0 aliphatic carbocycles. The van der Waals surface area contributed by atoms with Gasteiger partial charge in [0.25, 0.3) is 10.0 Å². The molecule has 2 aromatic rings. The summed E-state index contributed by atoms with van der Waals surface area (Å²) in [6, 6.07) is 9.29. The second kappa shape index (κ2) is 5.96. The van der Waals surface area contributed by atoms with Crippen molar-refractivity contribution >= 4 is 10.0 Å². The average Bonchev–Trinajstić information content (AvgIpc) is 2.89. The average molecular weight is 281 g/mol. The first-order valence-electron chi connectivity index (χ1n) is 5.81. The monoisotopic (exact) mass is 281 g/mol. The highest BCUT2D eigenvalue weighted by Crippen LogP contribution is 2.06. The van der Waals surface area contributed by atoms with Crippen molar-refractivity contribution in [1.82, 2.24) is 14.4 Å². The molecule has 102 valence electrons. The van der Waals surface area contributed by atoms with E-state index in [1.165, 1.54) is 12.5 Å². The Kier molecular flexibility index (Phi) is 4.31. The van der Waals surface area contributed by atoms with Crippen molar-refractivity contribution in [2.24, 2.45) is 0 Å². The Labute approximate surface area is 112 Å². The molecule has 19 heavy (non-hydrogen) atoms. The molecule has 0 saturated carbocycles.